The summed E-state index contributed by atoms with van der Waals surface area (Å²) in [6, 6.07) is 9.37. The number of aromatic nitrogens is 1. The summed E-state index contributed by atoms with van der Waals surface area (Å²) in [5, 5.41) is 19.1. The fraction of sp³-hybridized carbons (Fsp3) is 0.438. The first-order chi connectivity index (χ1) is 9.17. The van der Waals surface area contributed by atoms with Crippen LogP contribution in [0.4, 0.5) is 0 Å². The van der Waals surface area contributed by atoms with Crippen molar-refractivity contribution >= 4 is 10.9 Å². The fourth-order valence-electron chi connectivity index (χ4n) is 1.87. The van der Waals surface area contributed by atoms with Crippen LogP contribution in [0.5, 0.6) is 5.75 Å². The molecular weight excluding hydrogens is 238 g/mol. The third-order valence-corrected chi connectivity index (χ3v) is 2.82. The van der Waals surface area contributed by atoms with E-state index in [1.54, 1.807) is 6.07 Å². The third-order valence-electron chi connectivity index (χ3n) is 2.82. The summed E-state index contributed by atoms with van der Waals surface area (Å²) in [6.45, 7) is 4.19. The summed E-state index contributed by atoms with van der Waals surface area (Å²) < 4.78 is 0. The molecule has 0 aliphatic heterocycles. The molecule has 0 bridgehead atoms. The number of hydrogen-bond donors (Lipinski definition) is 2. The molecule has 19 heavy (non-hydrogen) atoms. The molecule has 0 amide bonds. The predicted molar refractivity (Wildman–Crippen MR) is 79.2 cm³/mol. The van der Waals surface area contributed by atoms with Gasteiger partial charge in [-0.3, -0.25) is 4.98 Å². The molecule has 3 nitrogen and oxygen atoms in total. The number of aliphatic hydroxyl groups excluding tert-OH is 1. The minimum atomic E-state index is -0.0370. The number of fused-ring (bicyclic) bond motifs is 1. The van der Waals surface area contributed by atoms with E-state index in [1.807, 2.05) is 24.3 Å². The van der Waals surface area contributed by atoms with Crippen molar-refractivity contribution in [3.05, 3.63) is 36.5 Å². The number of benzene rings is 1. The van der Waals surface area contributed by atoms with Gasteiger partial charge in [-0.1, -0.05) is 44.9 Å². The van der Waals surface area contributed by atoms with Crippen molar-refractivity contribution in [2.45, 2.75) is 45.6 Å². The lowest BCUT2D eigenvalue weighted by molar-refractivity contribution is 0.153. The molecule has 1 heterocycles. The van der Waals surface area contributed by atoms with Crippen LogP contribution in [-0.4, -0.2) is 21.3 Å². The van der Waals surface area contributed by atoms with E-state index in [4.69, 9.17) is 10.2 Å². The van der Waals surface area contributed by atoms with Gasteiger partial charge in [-0.25, -0.2) is 0 Å². The van der Waals surface area contributed by atoms with Gasteiger partial charge in [0.25, 0.3) is 0 Å². The van der Waals surface area contributed by atoms with E-state index in [0.29, 0.717) is 0 Å². The van der Waals surface area contributed by atoms with E-state index < -0.39 is 0 Å². The summed E-state index contributed by atoms with van der Waals surface area (Å²) in [5.41, 5.74) is 0.908. The number of para-hydroxylation sites is 1. The summed E-state index contributed by atoms with van der Waals surface area (Å²) in [4.78, 5) is 4.03. The Morgan fingerprint density at radius 3 is 2.37 bits per heavy atom. The standard InChI is InChI=1S/C9H7NO.C7H16O/c11-8-5-7-3-1-2-4-9(7)10-6-8;1-3-5-7(8)6-4-2/h1-6,11H;7-8H,3-6H2,1-2H3. The lowest BCUT2D eigenvalue weighted by Gasteiger charge is -2.04. The van der Waals surface area contributed by atoms with Crippen molar-refractivity contribution < 1.29 is 10.2 Å². The molecular formula is C16H23NO2. The number of hydrogen-bond acceptors (Lipinski definition) is 3. The summed E-state index contributed by atoms with van der Waals surface area (Å²) in [7, 11) is 0. The number of pyridine rings is 1. The normalized spacial score (nSPS) is 10.3. The minimum Gasteiger partial charge on any atom is -0.506 e. The van der Waals surface area contributed by atoms with Crippen molar-refractivity contribution in [2.75, 3.05) is 0 Å². The zero-order valence-electron chi connectivity index (χ0n) is 11.7. The predicted octanol–water partition coefficient (Wildman–Crippen LogP) is 3.89. The first-order valence-corrected chi connectivity index (χ1v) is 6.89. The van der Waals surface area contributed by atoms with E-state index in [-0.39, 0.29) is 11.9 Å². The van der Waals surface area contributed by atoms with E-state index >= 15 is 0 Å². The second kappa shape index (κ2) is 8.48. The van der Waals surface area contributed by atoms with Gasteiger partial charge in [-0.05, 0) is 25.0 Å². The van der Waals surface area contributed by atoms with Gasteiger partial charge in [0, 0.05) is 5.39 Å². The average Bonchev–Trinajstić information content (AvgIpc) is 2.40. The van der Waals surface area contributed by atoms with Crippen LogP contribution in [0, 0.1) is 0 Å². The van der Waals surface area contributed by atoms with Crippen molar-refractivity contribution in [2.24, 2.45) is 0 Å². The average molecular weight is 261 g/mol. The zero-order valence-corrected chi connectivity index (χ0v) is 11.7. The number of nitrogens with zero attached hydrogens (tertiary/aromatic N) is 1. The van der Waals surface area contributed by atoms with Crippen LogP contribution in [0.25, 0.3) is 10.9 Å². The Kier molecular flexibility index (Phi) is 6.90. The lowest BCUT2D eigenvalue weighted by atomic mass is 10.1. The minimum absolute atomic E-state index is 0.0370. The Morgan fingerprint density at radius 2 is 1.74 bits per heavy atom. The third kappa shape index (κ3) is 5.71. The molecule has 2 N–H and O–H groups in total. The van der Waals surface area contributed by atoms with Gasteiger partial charge in [0.2, 0.25) is 0 Å². The molecule has 0 unspecified atom stereocenters. The van der Waals surface area contributed by atoms with Crippen LogP contribution in [-0.2, 0) is 0 Å². The second-order valence-electron chi connectivity index (χ2n) is 4.62. The Hall–Kier alpha value is -1.61. The molecule has 1 aromatic carbocycles. The van der Waals surface area contributed by atoms with Gasteiger partial charge in [-0.2, -0.15) is 0 Å². The maximum absolute atomic E-state index is 9.07. The molecule has 0 aliphatic rings. The fourth-order valence-corrected chi connectivity index (χ4v) is 1.87. The van der Waals surface area contributed by atoms with Gasteiger partial charge in [0.05, 0.1) is 17.8 Å². The number of aliphatic hydroxyl groups is 1. The van der Waals surface area contributed by atoms with Crippen LogP contribution in [0.3, 0.4) is 0 Å². The van der Waals surface area contributed by atoms with E-state index in [2.05, 4.69) is 18.8 Å². The molecule has 0 spiro atoms. The van der Waals surface area contributed by atoms with E-state index in [9.17, 15) is 0 Å². The molecule has 0 atom stereocenters. The molecule has 0 aliphatic carbocycles. The van der Waals surface area contributed by atoms with Crippen LogP contribution >= 0.6 is 0 Å². The Balaban J connectivity index is 0.000000203. The molecule has 2 rings (SSSR count). The highest BCUT2D eigenvalue weighted by Crippen LogP contribution is 2.15. The van der Waals surface area contributed by atoms with Crippen molar-refractivity contribution in [1.82, 2.24) is 4.98 Å². The van der Waals surface area contributed by atoms with Crippen LogP contribution in [0.1, 0.15) is 39.5 Å². The van der Waals surface area contributed by atoms with Gasteiger partial charge >= 0.3 is 0 Å². The maximum atomic E-state index is 9.07. The van der Waals surface area contributed by atoms with Gasteiger partial charge < -0.3 is 10.2 Å². The summed E-state index contributed by atoms with van der Waals surface area (Å²) in [5.74, 6) is 0.212. The van der Waals surface area contributed by atoms with Crippen molar-refractivity contribution in [1.29, 1.82) is 0 Å². The largest absolute Gasteiger partial charge is 0.506 e. The molecule has 0 radical (unpaired) electrons. The Bertz CT molecular complexity index is 479. The summed E-state index contributed by atoms with van der Waals surface area (Å²) >= 11 is 0. The smallest absolute Gasteiger partial charge is 0.134 e. The maximum Gasteiger partial charge on any atom is 0.134 e. The zero-order chi connectivity index (χ0) is 14.1. The van der Waals surface area contributed by atoms with Crippen molar-refractivity contribution in [3.63, 3.8) is 0 Å². The highest BCUT2D eigenvalue weighted by atomic mass is 16.3. The Labute approximate surface area is 114 Å². The highest BCUT2D eigenvalue weighted by Gasteiger charge is 1.97. The van der Waals surface area contributed by atoms with E-state index in [0.717, 1.165) is 36.6 Å². The number of rotatable bonds is 4. The molecule has 0 saturated carbocycles. The second-order valence-corrected chi connectivity index (χ2v) is 4.62. The topological polar surface area (TPSA) is 53.4 Å². The first-order valence-electron chi connectivity index (χ1n) is 6.89. The highest BCUT2D eigenvalue weighted by molar-refractivity contribution is 5.79. The quantitative estimate of drug-likeness (QED) is 0.878. The van der Waals surface area contributed by atoms with Gasteiger partial charge in [0.15, 0.2) is 0 Å². The molecule has 0 saturated heterocycles. The monoisotopic (exact) mass is 261 g/mol. The van der Waals surface area contributed by atoms with E-state index in [1.165, 1.54) is 6.20 Å². The first kappa shape index (κ1) is 15.4. The Morgan fingerprint density at radius 1 is 1.11 bits per heavy atom. The van der Waals surface area contributed by atoms with Crippen LogP contribution in [0.2, 0.25) is 0 Å². The van der Waals surface area contributed by atoms with Crippen LogP contribution < -0.4 is 0 Å². The molecule has 0 fully saturated rings. The van der Waals surface area contributed by atoms with Gasteiger partial charge in [-0.15, -0.1) is 0 Å². The molecule has 3 heteroatoms. The molecule has 104 valence electrons. The molecule has 1 aromatic heterocycles. The summed E-state index contributed by atoms with van der Waals surface area (Å²) in [6.07, 6.45) is 5.54. The SMILES string of the molecule is CCCC(O)CCC.Oc1cnc2ccccc2c1. The molecule has 2 aromatic rings. The van der Waals surface area contributed by atoms with Crippen LogP contribution in [0.15, 0.2) is 36.5 Å². The van der Waals surface area contributed by atoms with Gasteiger partial charge in [0.1, 0.15) is 5.75 Å². The number of aromatic hydroxyl groups is 1. The van der Waals surface area contributed by atoms with Crippen molar-refractivity contribution in [3.8, 4) is 5.75 Å². The lowest BCUT2D eigenvalue weighted by Crippen LogP contribution is -2.03.